The second kappa shape index (κ2) is 6.77. The largest absolute Gasteiger partial charge is 0.496 e. The van der Waals surface area contributed by atoms with Crippen LogP contribution in [0.1, 0.15) is 17.2 Å². The highest BCUT2D eigenvalue weighted by molar-refractivity contribution is 7.99. The molecule has 0 aliphatic heterocycles. The van der Waals surface area contributed by atoms with Crippen LogP contribution in [-0.2, 0) is 0 Å². The Labute approximate surface area is 122 Å². The van der Waals surface area contributed by atoms with Gasteiger partial charge in [0.2, 0.25) is 0 Å². The molecule has 0 heterocycles. The first-order chi connectivity index (χ1) is 9.60. The molecule has 2 nitrogen and oxygen atoms in total. The number of ether oxygens (including phenoxy) is 1. The Bertz CT molecular complexity index is 569. The van der Waals surface area contributed by atoms with Gasteiger partial charge in [-0.1, -0.05) is 11.6 Å². The number of halogens is 1. The first-order valence-electron chi connectivity index (χ1n) is 6.31. The Morgan fingerprint density at radius 1 is 1.20 bits per heavy atom. The van der Waals surface area contributed by atoms with Gasteiger partial charge in [-0.15, -0.1) is 11.8 Å². The van der Waals surface area contributed by atoms with E-state index in [4.69, 9.17) is 4.74 Å². The molecule has 0 spiro atoms. The number of methoxy groups -OCH3 is 1. The van der Waals surface area contributed by atoms with Crippen LogP contribution in [0.3, 0.4) is 0 Å². The minimum Gasteiger partial charge on any atom is -0.496 e. The van der Waals surface area contributed by atoms with Crippen LogP contribution < -0.4 is 4.74 Å². The summed E-state index contributed by atoms with van der Waals surface area (Å²) in [5.74, 6) is 0.920. The Balaban J connectivity index is 2.06. The fourth-order valence-corrected chi connectivity index (χ4v) is 2.77. The van der Waals surface area contributed by atoms with E-state index in [1.807, 2.05) is 25.1 Å². The molecule has 0 aliphatic carbocycles. The molecular formula is C16H17FO2S. The molecule has 0 aliphatic rings. The van der Waals surface area contributed by atoms with Crippen molar-refractivity contribution in [1.82, 2.24) is 0 Å². The Hall–Kier alpha value is -1.52. The van der Waals surface area contributed by atoms with Crippen molar-refractivity contribution in [2.24, 2.45) is 0 Å². The summed E-state index contributed by atoms with van der Waals surface area (Å²) in [7, 11) is 1.59. The van der Waals surface area contributed by atoms with Crippen molar-refractivity contribution in [3.63, 3.8) is 0 Å². The Morgan fingerprint density at radius 2 is 1.90 bits per heavy atom. The molecule has 1 unspecified atom stereocenters. The summed E-state index contributed by atoms with van der Waals surface area (Å²) in [6, 6.07) is 12.0. The zero-order valence-electron chi connectivity index (χ0n) is 11.5. The molecule has 0 saturated carbocycles. The van der Waals surface area contributed by atoms with Crippen LogP contribution in [0.2, 0.25) is 0 Å². The van der Waals surface area contributed by atoms with Gasteiger partial charge in [-0.2, -0.15) is 0 Å². The lowest BCUT2D eigenvalue weighted by Gasteiger charge is -2.15. The van der Waals surface area contributed by atoms with Gasteiger partial charge in [0.25, 0.3) is 0 Å². The van der Waals surface area contributed by atoms with E-state index in [0.717, 1.165) is 16.0 Å². The van der Waals surface area contributed by atoms with Crippen LogP contribution in [0.25, 0.3) is 0 Å². The summed E-state index contributed by atoms with van der Waals surface area (Å²) < 4.78 is 18.1. The highest BCUT2D eigenvalue weighted by Crippen LogP contribution is 2.30. The molecule has 2 rings (SSSR count). The van der Waals surface area contributed by atoms with Gasteiger partial charge in [0.05, 0.1) is 13.2 Å². The van der Waals surface area contributed by atoms with Crippen molar-refractivity contribution in [3.05, 3.63) is 59.4 Å². The van der Waals surface area contributed by atoms with Gasteiger partial charge in [-0.3, -0.25) is 0 Å². The molecule has 2 aromatic rings. The molecule has 0 aromatic heterocycles. The van der Waals surface area contributed by atoms with Crippen LogP contribution in [0.5, 0.6) is 5.75 Å². The first kappa shape index (κ1) is 14.9. The smallest absolute Gasteiger partial charge is 0.124 e. The molecule has 0 saturated heterocycles. The second-order valence-electron chi connectivity index (χ2n) is 4.53. The van der Waals surface area contributed by atoms with E-state index < -0.39 is 6.10 Å². The van der Waals surface area contributed by atoms with E-state index in [1.54, 1.807) is 19.2 Å². The van der Waals surface area contributed by atoms with E-state index in [0.29, 0.717) is 11.5 Å². The lowest BCUT2D eigenvalue weighted by molar-refractivity contribution is 0.199. The molecule has 1 N–H and O–H groups in total. The number of rotatable bonds is 5. The molecule has 20 heavy (non-hydrogen) atoms. The first-order valence-corrected chi connectivity index (χ1v) is 7.29. The molecule has 1 atom stereocenters. The molecular weight excluding hydrogens is 275 g/mol. The van der Waals surface area contributed by atoms with E-state index >= 15 is 0 Å². The van der Waals surface area contributed by atoms with Gasteiger partial charge >= 0.3 is 0 Å². The molecule has 2 aromatic carbocycles. The highest BCUT2D eigenvalue weighted by Gasteiger charge is 2.14. The highest BCUT2D eigenvalue weighted by atomic mass is 32.2. The monoisotopic (exact) mass is 292 g/mol. The molecule has 106 valence electrons. The number of aryl methyl sites for hydroxylation is 1. The summed E-state index contributed by atoms with van der Waals surface area (Å²) in [5, 5.41) is 10.3. The summed E-state index contributed by atoms with van der Waals surface area (Å²) >= 11 is 1.48. The maximum absolute atomic E-state index is 12.8. The number of hydrogen-bond donors (Lipinski definition) is 1. The van der Waals surface area contributed by atoms with Crippen molar-refractivity contribution >= 4 is 11.8 Å². The maximum atomic E-state index is 12.8. The van der Waals surface area contributed by atoms with Gasteiger partial charge < -0.3 is 9.84 Å². The van der Waals surface area contributed by atoms with Gasteiger partial charge in [-0.05, 0) is 43.3 Å². The Morgan fingerprint density at radius 3 is 2.55 bits per heavy atom. The molecule has 0 radical (unpaired) electrons. The summed E-state index contributed by atoms with van der Waals surface area (Å²) in [4.78, 5) is 0.928. The zero-order chi connectivity index (χ0) is 14.5. The predicted octanol–water partition coefficient (Wildman–Crippen LogP) is 3.97. The second-order valence-corrected chi connectivity index (χ2v) is 5.62. The fraction of sp³-hybridized carbons (Fsp3) is 0.250. The number of aliphatic hydroxyl groups is 1. The predicted molar refractivity (Wildman–Crippen MR) is 79.8 cm³/mol. The number of thioether (sulfide) groups is 1. The van der Waals surface area contributed by atoms with E-state index in [1.165, 1.54) is 23.9 Å². The average Bonchev–Trinajstić information content (AvgIpc) is 2.46. The average molecular weight is 292 g/mol. The van der Waals surface area contributed by atoms with Gasteiger partial charge in [0.15, 0.2) is 0 Å². The third kappa shape index (κ3) is 3.74. The summed E-state index contributed by atoms with van der Waals surface area (Å²) in [5.41, 5.74) is 1.86. The van der Waals surface area contributed by atoms with E-state index in [2.05, 4.69) is 0 Å². The van der Waals surface area contributed by atoms with Crippen molar-refractivity contribution < 1.29 is 14.2 Å². The van der Waals surface area contributed by atoms with E-state index in [-0.39, 0.29) is 5.82 Å². The number of benzene rings is 2. The van der Waals surface area contributed by atoms with Crippen LogP contribution in [0.15, 0.2) is 47.4 Å². The lowest BCUT2D eigenvalue weighted by atomic mass is 10.1. The maximum Gasteiger partial charge on any atom is 0.124 e. The quantitative estimate of drug-likeness (QED) is 0.846. The van der Waals surface area contributed by atoms with Crippen LogP contribution >= 0.6 is 11.8 Å². The van der Waals surface area contributed by atoms with Crippen molar-refractivity contribution in [2.45, 2.75) is 17.9 Å². The van der Waals surface area contributed by atoms with Crippen molar-refractivity contribution in [2.75, 3.05) is 12.9 Å². The third-order valence-electron chi connectivity index (χ3n) is 2.97. The number of aliphatic hydroxyl groups excluding tert-OH is 1. The Kier molecular flexibility index (Phi) is 5.04. The SMILES string of the molecule is COc1ccc(C)cc1C(O)CSc1ccc(F)cc1. The summed E-state index contributed by atoms with van der Waals surface area (Å²) in [6.07, 6.45) is -0.625. The minimum atomic E-state index is -0.625. The van der Waals surface area contributed by atoms with Crippen molar-refractivity contribution in [3.8, 4) is 5.75 Å². The minimum absolute atomic E-state index is 0.254. The standard InChI is InChI=1S/C16H17FO2S/c1-11-3-8-16(19-2)14(9-11)15(18)10-20-13-6-4-12(17)5-7-13/h3-9,15,18H,10H2,1-2H3. The van der Waals surface area contributed by atoms with Gasteiger partial charge in [-0.25, -0.2) is 4.39 Å². The topological polar surface area (TPSA) is 29.5 Å². The number of hydrogen-bond acceptors (Lipinski definition) is 3. The van der Waals surface area contributed by atoms with Crippen LogP contribution in [0.4, 0.5) is 4.39 Å². The van der Waals surface area contributed by atoms with Gasteiger partial charge in [0.1, 0.15) is 11.6 Å². The van der Waals surface area contributed by atoms with Crippen LogP contribution in [-0.4, -0.2) is 18.0 Å². The van der Waals surface area contributed by atoms with E-state index in [9.17, 15) is 9.50 Å². The lowest BCUT2D eigenvalue weighted by Crippen LogP contribution is -2.03. The van der Waals surface area contributed by atoms with Gasteiger partial charge in [0, 0.05) is 16.2 Å². The normalized spacial score (nSPS) is 12.2. The summed E-state index contributed by atoms with van der Waals surface area (Å²) in [6.45, 7) is 1.97. The van der Waals surface area contributed by atoms with Crippen LogP contribution in [0, 0.1) is 12.7 Å². The third-order valence-corrected chi connectivity index (χ3v) is 4.05. The molecule has 0 amide bonds. The molecule has 0 fully saturated rings. The molecule has 0 bridgehead atoms. The molecule has 4 heteroatoms. The fourth-order valence-electron chi connectivity index (χ4n) is 1.91. The zero-order valence-corrected chi connectivity index (χ0v) is 12.3. The van der Waals surface area contributed by atoms with Crippen molar-refractivity contribution in [1.29, 1.82) is 0 Å².